The Labute approximate surface area is 162 Å². The average molecular weight is 412 g/mol. The maximum Gasteiger partial charge on any atom is 0.211 e. The molecule has 1 aromatic heterocycles. The van der Waals surface area contributed by atoms with Crippen molar-refractivity contribution >= 4 is 31.8 Å². The second-order valence-electron chi connectivity index (χ2n) is 6.70. The SMILES string of the molecule is COCCN(CC(O)Cn1c2ccc(F)cc2c2ccc(F)cc21)S(C)(=O)=O. The molecule has 3 rings (SSSR count). The van der Waals surface area contributed by atoms with Gasteiger partial charge in [-0.05, 0) is 36.4 Å². The number of aromatic nitrogens is 1. The molecular formula is C19H22F2N2O4S. The third-order valence-electron chi connectivity index (χ3n) is 4.61. The highest BCUT2D eigenvalue weighted by atomic mass is 32.2. The van der Waals surface area contributed by atoms with Gasteiger partial charge in [0, 0.05) is 36.5 Å². The maximum atomic E-state index is 13.8. The molecule has 152 valence electrons. The van der Waals surface area contributed by atoms with Crippen LogP contribution >= 0.6 is 0 Å². The van der Waals surface area contributed by atoms with E-state index in [9.17, 15) is 22.3 Å². The Morgan fingerprint density at radius 2 is 1.79 bits per heavy atom. The monoisotopic (exact) mass is 412 g/mol. The number of methoxy groups -OCH3 is 1. The summed E-state index contributed by atoms with van der Waals surface area (Å²) in [4.78, 5) is 0. The molecule has 0 fully saturated rings. The van der Waals surface area contributed by atoms with Gasteiger partial charge < -0.3 is 14.4 Å². The van der Waals surface area contributed by atoms with Crippen LogP contribution < -0.4 is 0 Å². The van der Waals surface area contributed by atoms with Crippen LogP contribution in [0.2, 0.25) is 0 Å². The van der Waals surface area contributed by atoms with Crippen molar-refractivity contribution in [3.05, 3.63) is 48.0 Å². The molecule has 0 radical (unpaired) electrons. The van der Waals surface area contributed by atoms with E-state index in [1.165, 1.54) is 31.4 Å². The molecular weight excluding hydrogens is 390 g/mol. The molecule has 0 aliphatic carbocycles. The van der Waals surface area contributed by atoms with Crippen molar-refractivity contribution in [1.82, 2.24) is 8.87 Å². The van der Waals surface area contributed by atoms with Gasteiger partial charge in [0.1, 0.15) is 11.6 Å². The van der Waals surface area contributed by atoms with Gasteiger partial charge in [0.05, 0.1) is 31.0 Å². The zero-order chi connectivity index (χ0) is 20.5. The molecule has 0 aliphatic rings. The van der Waals surface area contributed by atoms with Crippen LogP contribution in [0.4, 0.5) is 8.78 Å². The molecule has 0 amide bonds. The highest BCUT2D eigenvalue weighted by Crippen LogP contribution is 2.30. The van der Waals surface area contributed by atoms with E-state index in [0.717, 1.165) is 10.6 Å². The lowest BCUT2D eigenvalue weighted by molar-refractivity contribution is 0.115. The van der Waals surface area contributed by atoms with Gasteiger partial charge in [0.25, 0.3) is 0 Å². The number of benzene rings is 2. The largest absolute Gasteiger partial charge is 0.390 e. The van der Waals surface area contributed by atoms with Crippen LogP contribution in [0.1, 0.15) is 0 Å². The molecule has 0 saturated heterocycles. The van der Waals surface area contributed by atoms with Gasteiger partial charge in [0.15, 0.2) is 0 Å². The third kappa shape index (κ3) is 4.33. The fourth-order valence-corrected chi connectivity index (χ4v) is 4.18. The van der Waals surface area contributed by atoms with Crippen LogP contribution in [0, 0.1) is 11.6 Å². The molecule has 0 saturated carbocycles. The van der Waals surface area contributed by atoms with Crippen molar-refractivity contribution in [3.8, 4) is 0 Å². The van der Waals surface area contributed by atoms with Crippen LogP contribution in [-0.2, 0) is 21.3 Å². The lowest BCUT2D eigenvalue weighted by Crippen LogP contribution is -2.40. The highest BCUT2D eigenvalue weighted by Gasteiger charge is 2.22. The quantitative estimate of drug-likeness (QED) is 0.617. The zero-order valence-corrected chi connectivity index (χ0v) is 16.4. The van der Waals surface area contributed by atoms with E-state index in [2.05, 4.69) is 0 Å². The Morgan fingerprint density at radius 3 is 2.46 bits per heavy atom. The summed E-state index contributed by atoms with van der Waals surface area (Å²) < 4.78 is 59.2. The zero-order valence-electron chi connectivity index (χ0n) is 15.6. The maximum absolute atomic E-state index is 13.8. The Hall–Kier alpha value is -2.07. The summed E-state index contributed by atoms with van der Waals surface area (Å²) in [7, 11) is -2.07. The van der Waals surface area contributed by atoms with E-state index >= 15 is 0 Å². The number of rotatable bonds is 8. The minimum absolute atomic E-state index is 0.0219. The minimum atomic E-state index is -3.53. The van der Waals surface area contributed by atoms with Gasteiger partial charge in [-0.15, -0.1) is 0 Å². The molecule has 1 heterocycles. The Kier molecular flexibility index (Phi) is 5.99. The van der Waals surface area contributed by atoms with Crippen molar-refractivity contribution in [2.75, 3.05) is 33.1 Å². The van der Waals surface area contributed by atoms with Gasteiger partial charge in [0.2, 0.25) is 10.0 Å². The molecule has 9 heteroatoms. The van der Waals surface area contributed by atoms with Gasteiger partial charge in [-0.3, -0.25) is 0 Å². The summed E-state index contributed by atoms with van der Waals surface area (Å²) in [6, 6.07) is 8.40. The summed E-state index contributed by atoms with van der Waals surface area (Å²) in [6.45, 7) is 0.188. The van der Waals surface area contributed by atoms with Crippen LogP contribution in [0.3, 0.4) is 0 Å². The van der Waals surface area contributed by atoms with Gasteiger partial charge >= 0.3 is 0 Å². The first-order valence-electron chi connectivity index (χ1n) is 8.70. The number of aliphatic hydroxyl groups is 1. The normalized spacial score (nSPS) is 13.6. The number of halogens is 2. The van der Waals surface area contributed by atoms with Gasteiger partial charge in [-0.25, -0.2) is 17.2 Å². The van der Waals surface area contributed by atoms with E-state index in [4.69, 9.17) is 4.74 Å². The summed E-state index contributed by atoms with van der Waals surface area (Å²) in [5.41, 5.74) is 1.13. The van der Waals surface area contributed by atoms with Crippen molar-refractivity contribution in [1.29, 1.82) is 0 Å². The number of nitrogens with zero attached hydrogens (tertiary/aromatic N) is 2. The average Bonchev–Trinajstić information content (AvgIpc) is 2.90. The first-order valence-corrected chi connectivity index (χ1v) is 10.5. The Morgan fingerprint density at radius 1 is 1.11 bits per heavy atom. The predicted octanol–water partition coefficient (Wildman–Crippen LogP) is 2.34. The molecule has 3 aromatic rings. The predicted molar refractivity (Wildman–Crippen MR) is 104 cm³/mol. The Bertz CT molecular complexity index is 1100. The van der Waals surface area contributed by atoms with Gasteiger partial charge in [-0.1, -0.05) is 0 Å². The number of hydrogen-bond acceptors (Lipinski definition) is 4. The van der Waals surface area contributed by atoms with E-state index in [1.54, 1.807) is 16.7 Å². The van der Waals surface area contributed by atoms with Crippen molar-refractivity contribution < 1.29 is 27.0 Å². The second-order valence-corrected chi connectivity index (χ2v) is 8.68. The number of aliphatic hydroxyl groups excluding tert-OH is 1. The summed E-state index contributed by atoms with van der Waals surface area (Å²) in [6.07, 6.45) is 0.00672. The first-order chi connectivity index (χ1) is 13.2. The molecule has 0 aliphatic heterocycles. The van der Waals surface area contributed by atoms with Gasteiger partial charge in [-0.2, -0.15) is 4.31 Å². The molecule has 1 N–H and O–H groups in total. The molecule has 2 aromatic carbocycles. The number of ether oxygens (including phenoxy) is 1. The lowest BCUT2D eigenvalue weighted by Gasteiger charge is -2.23. The van der Waals surface area contributed by atoms with E-state index in [0.29, 0.717) is 21.8 Å². The van der Waals surface area contributed by atoms with Crippen LogP contribution in [0.15, 0.2) is 36.4 Å². The number of fused-ring (bicyclic) bond motifs is 3. The topological polar surface area (TPSA) is 71.8 Å². The van der Waals surface area contributed by atoms with Crippen molar-refractivity contribution in [3.63, 3.8) is 0 Å². The molecule has 0 bridgehead atoms. The number of hydrogen-bond donors (Lipinski definition) is 1. The fraction of sp³-hybridized carbons (Fsp3) is 0.368. The van der Waals surface area contributed by atoms with E-state index < -0.39 is 27.8 Å². The lowest BCUT2D eigenvalue weighted by atomic mass is 10.1. The third-order valence-corrected chi connectivity index (χ3v) is 5.88. The summed E-state index contributed by atoms with van der Waals surface area (Å²) >= 11 is 0. The number of sulfonamides is 1. The van der Waals surface area contributed by atoms with Crippen molar-refractivity contribution in [2.45, 2.75) is 12.6 Å². The minimum Gasteiger partial charge on any atom is -0.390 e. The van der Waals surface area contributed by atoms with Crippen LogP contribution in [-0.4, -0.2) is 61.6 Å². The molecule has 0 spiro atoms. The van der Waals surface area contributed by atoms with Crippen LogP contribution in [0.25, 0.3) is 21.8 Å². The molecule has 28 heavy (non-hydrogen) atoms. The molecule has 1 unspecified atom stereocenters. The standard InChI is InChI=1S/C19H22F2N2O4S/c1-27-8-7-22(28(2,25)26)11-15(24)12-23-18-6-4-13(20)9-17(18)16-5-3-14(21)10-19(16)23/h3-6,9-10,15,24H,7-8,11-12H2,1-2H3. The Balaban J connectivity index is 1.97. The fourth-order valence-electron chi connectivity index (χ4n) is 3.33. The van der Waals surface area contributed by atoms with E-state index in [1.807, 2.05) is 0 Å². The highest BCUT2D eigenvalue weighted by molar-refractivity contribution is 7.88. The van der Waals surface area contributed by atoms with E-state index in [-0.39, 0.29) is 26.2 Å². The smallest absolute Gasteiger partial charge is 0.211 e. The summed E-state index contributed by atoms with van der Waals surface area (Å²) in [5.74, 6) is -0.872. The first kappa shape index (κ1) is 20.7. The summed E-state index contributed by atoms with van der Waals surface area (Å²) in [5, 5.41) is 11.8. The molecule has 6 nitrogen and oxygen atoms in total. The second kappa shape index (κ2) is 8.12. The van der Waals surface area contributed by atoms with Crippen molar-refractivity contribution in [2.24, 2.45) is 0 Å². The van der Waals surface area contributed by atoms with Crippen LogP contribution in [0.5, 0.6) is 0 Å². The molecule has 1 atom stereocenters.